The van der Waals surface area contributed by atoms with Crippen LogP contribution in [0.1, 0.15) is 16.1 Å². The number of nitrogens with zero attached hydrogens (tertiary/aromatic N) is 2. The van der Waals surface area contributed by atoms with Crippen LogP contribution in [0.25, 0.3) is 0 Å². The van der Waals surface area contributed by atoms with Crippen molar-refractivity contribution in [2.75, 3.05) is 7.11 Å². The van der Waals surface area contributed by atoms with Crippen LogP contribution in [0, 0.1) is 17.1 Å². The minimum atomic E-state index is -0.780. The van der Waals surface area contributed by atoms with Crippen molar-refractivity contribution in [1.29, 1.82) is 5.26 Å². The normalized spacial score (nSPS) is 9.00. The zero-order chi connectivity index (χ0) is 9.84. The summed E-state index contributed by atoms with van der Waals surface area (Å²) < 4.78 is 17.2. The molecule has 0 unspecified atom stereocenters. The summed E-state index contributed by atoms with van der Waals surface area (Å²) in [4.78, 5) is 14.4. The third-order valence-corrected chi connectivity index (χ3v) is 1.37. The quantitative estimate of drug-likeness (QED) is 0.602. The number of hydrogen-bond donors (Lipinski definition) is 0. The van der Waals surface area contributed by atoms with Gasteiger partial charge in [0.25, 0.3) is 0 Å². The van der Waals surface area contributed by atoms with Crippen LogP contribution in [-0.4, -0.2) is 18.1 Å². The molecule has 13 heavy (non-hydrogen) atoms. The van der Waals surface area contributed by atoms with Crippen LogP contribution >= 0.6 is 0 Å². The number of pyridine rings is 1. The van der Waals surface area contributed by atoms with Gasteiger partial charge in [0.15, 0.2) is 5.69 Å². The van der Waals surface area contributed by atoms with Crippen LogP contribution in [0.5, 0.6) is 0 Å². The van der Waals surface area contributed by atoms with Gasteiger partial charge >= 0.3 is 5.97 Å². The minimum absolute atomic E-state index is 0.154. The van der Waals surface area contributed by atoms with Gasteiger partial charge in [-0.2, -0.15) is 5.26 Å². The average molecular weight is 180 g/mol. The largest absolute Gasteiger partial charge is 0.464 e. The highest BCUT2D eigenvalue weighted by Gasteiger charge is 2.10. The number of ether oxygens (including phenoxy) is 1. The lowest BCUT2D eigenvalue weighted by atomic mass is 10.2. The number of rotatable bonds is 1. The number of esters is 1. The summed E-state index contributed by atoms with van der Waals surface area (Å²) in [5.74, 6) is -1.51. The third kappa shape index (κ3) is 1.79. The molecular formula is C8H5FN2O2. The fraction of sp³-hybridized carbons (Fsp3) is 0.125. The van der Waals surface area contributed by atoms with Crippen molar-refractivity contribution in [2.24, 2.45) is 0 Å². The highest BCUT2D eigenvalue weighted by Crippen LogP contribution is 2.06. The lowest BCUT2D eigenvalue weighted by Crippen LogP contribution is -2.05. The zero-order valence-corrected chi connectivity index (χ0v) is 6.74. The molecule has 0 atom stereocenters. The Labute approximate surface area is 73.6 Å². The topological polar surface area (TPSA) is 63.0 Å². The molecule has 0 aliphatic carbocycles. The van der Waals surface area contributed by atoms with E-state index in [0.717, 1.165) is 12.3 Å². The number of carbonyl (C=O) groups excluding carboxylic acids is 1. The summed E-state index contributed by atoms with van der Waals surface area (Å²) in [6, 6.07) is 2.46. The van der Waals surface area contributed by atoms with Gasteiger partial charge in [0.1, 0.15) is 17.4 Å². The molecule has 0 aliphatic rings. The molecule has 0 saturated carbocycles. The Morgan fingerprint density at radius 3 is 2.92 bits per heavy atom. The Morgan fingerprint density at radius 1 is 1.77 bits per heavy atom. The number of methoxy groups -OCH3 is 1. The lowest BCUT2D eigenvalue weighted by Gasteiger charge is -1.98. The SMILES string of the molecule is COC(=O)c1cc(F)c(C#N)cn1. The molecule has 1 aromatic rings. The van der Waals surface area contributed by atoms with Crippen LogP contribution < -0.4 is 0 Å². The van der Waals surface area contributed by atoms with Crippen molar-refractivity contribution >= 4 is 5.97 Å². The van der Waals surface area contributed by atoms with Crippen LogP contribution in [0.2, 0.25) is 0 Å². The van der Waals surface area contributed by atoms with E-state index in [-0.39, 0.29) is 11.3 Å². The van der Waals surface area contributed by atoms with Crippen LogP contribution in [-0.2, 0) is 4.74 Å². The molecule has 5 heteroatoms. The summed E-state index contributed by atoms with van der Waals surface area (Å²) in [6.45, 7) is 0. The Bertz CT molecular complexity index is 384. The van der Waals surface area contributed by atoms with Crippen LogP contribution in [0.4, 0.5) is 4.39 Å². The second kappa shape index (κ2) is 3.63. The maximum atomic E-state index is 12.9. The first-order valence-electron chi connectivity index (χ1n) is 3.33. The predicted molar refractivity (Wildman–Crippen MR) is 40.2 cm³/mol. The van der Waals surface area contributed by atoms with Gasteiger partial charge < -0.3 is 4.74 Å². The number of aromatic nitrogens is 1. The van der Waals surface area contributed by atoms with Gasteiger partial charge in [0.05, 0.1) is 7.11 Å². The highest BCUT2D eigenvalue weighted by atomic mass is 19.1. The van der Waals surface area contributed by atoms with Crippen molar-refractivity contribution in [3.8, 4) is 6.07 Å². The maximum Gasteiger partial charge on any atom is 0.356 e. The monoisotopic (exact) mass is 180 g/mol. The van der Waals surface area contributed by atoms with E-state index in [1.807, 2.05) is 0 Å². The minimum Gasteiger partial charge on any atom is -0.464 e. The van der Waals surface area contributed by atoms with E-state index < -0.39 is 11.8 Å². The second-order valence-corrected chi connectivity index (χ2v) is 2.15. The highest BCUT2D eigenvalue weighted by molar-refractivity contribution is 5.87. The van der Waals surface area contributed by atoms with E-state index in [9.17, 15) is 9.18 Å². The van der Waals surface area contributed by atoms with E-state index in [1.54, 1.807) is 6.07 Å². The standard InChI is InChI=1S/C8H5FN2O2/c1-13-8(12)7-2-6(9)5(3-10)4-11-7/h2,4H,1H3. The first kappa shape index (κ1) is 9.13. The number of hydrogen-bond acceptors (Lipinski definition) is 4. The summed E-state index contributed by atoms with van der Waals surface area (Å²) in [5.41, 5.74) is -0.355. The van der Waals surface area contributed by atoms with Gasteiger partial charge in [0, 0.05) is 12.3 Å². The molecule has 0 saturated heterocycles. The lowest BCUT2D eigenvalue weighted by molar-refractivity contribution is 0.0593. The molecule has 0 amide bonds. The summed E-state index contributed by atoms with van der Waals surface area (Å²) >= 11 is 0. The van der Waals surface area contributed by atoms with Gasteiger partial charge in [-0.05, 0) is 0 Å². The Morgan fingerprint density at radius 2 is 2.46 bits per heavy atom. The summed E-state index contributed by atoms with van der Waals surface area (Å²) in [5, 5.41) is 8.36. The van der Waals surface area contributed by atoms with Gasteiger partial charge in [0.2, 0.25) is 0 Å². The van der Waals surface area contributed by atoms with E-state index >= 15 is 0 Å². The van der Waals surface area contributed by atoms with Gasteiger partial charge in [-0.3, -0.25) is 0 Å². The molecule has 0 bridgehead atoms. The molecule has 4 nitrogen and oxygen atoms in total. The Balaban J connectivity index is 3.11. The van der Waals surface area contributed by atoms with Gasteiger partial charge in [-0.15, -0.1) is 0 Å². The average Bonchev–Trinajstić information content (AvgIpc) is 2.16. The number of nitriles is 1. The van der Waals surface area contributed by atoms with Crippen molar-refractivity contribution in [3.63, 3.8) is 0 Å². The summed E-state index contributed by atoms with van der Waals surface area (Å²) in [7, 11) is 1.17. The van der Waals surface area contributed by atoms with Gasteiger partial charge in [-0.25, -0.2) is 14.2 Å². The zero-order valence-electron chi connectivity index (χ0n) is 6.74. The smallest absolute Gasteiger partial charge is 0.356 e. The van der Waals surface area contributed by atoms with Gasteiger partial charge in [-0.1, -0.05) is 0 Å². The van der Waals surface area contributed by atoms with E-state index in [1.165, 1.54) is 7.11 Å². The first-order valence-corrected chi connectivity index (χ1v) is 3.33. The Kier molecular flexibility index (Phi) is 2.55. The Hall–Kier alpha value is -1.96. The second-order valence-electron chi connectivity index (χ2n) is 2.15. The summed E-state index contributed by atoms with van der Waals surface area (Å²) in [6.07, 6.45) is 0.988. The van der Waals surface area contributed by atoms with E-state index in [2.05, 4.69) is 9.72 Å². The van der Waals surface area contributed by atoms with Crippen molar-refractivity contribution in [3.05, 3.63) is 29.3 Å². The van der Waals surface area contributed by atoms with E-state index in [0.29, 0.717) is 0 Å². The van der Waals surface area contributed by atoms with Crippen molar-refractivity contribution < 1.29 is 13.9 Å². The van der Waals surface area contributed by atoms with Crippen LogP contribution in [0.15, 0.2) is 12.3 Å². The molecule has 0 aromatic carbocycles. The molecule has 1 aromatic heterocycles. The molecule has 1 heterocycles. The molecular weight excluding hydrogens is 175 g/mol. The van der Waals surface area contributed by atoms with E-state index in [4.69, 9.17) is 5.26 Å². The molecule has 0 radical (unpaired) electrons. The molecule has 0 aliphatic heterocycles. The molecule has 1 rings (SSSR count). The van der Waals surface area contributed by atoms with Crippen LogP contribution in [0.3, 0.4) is 0 Å². The fourth-order valence-corrected chi connectivity index (χ4v) is 0.729. The molecule has 0 spiro atoms. The predicted octanol–water partition coefficient (Wildman–Crippen LogP) is 0.879. The maximum absolute atomic E-state index is 12.9. The molecule has 0 fully saturated rings. The number of halogens is 1. The first-order chi connectivity index (χ1) is 6.19. The molecule has 66 valence electrons. The third-order valence-electron chi connectivity index (χ3n) is 1.37. The number of carbonyl (C=O) groups is 1. The molecule has 0 N–H and O–H groups in total. The fourth-order valence-electron chi connectivity index (χ4n) is 0.729. The van der Waals surface area contributed by atoms with Crippen molar-refractivity contribution in [2.45, 2.75) is 0 Å². The van der Waals surface area contributed by atoms with Crippen molar-refractivity contribution in [1.82, 2.24) is 4.98 Å².